The lowest BCUT2D eigenvalue weighted by Gasteiger charge is -2.38. The van der Waals surface area contributed by atoms with Crippen LogP contribution in [0.15, 0.2) is 22.2 Å². The van der Waals surface area contributed by atoms with E-state index in [0.717, 1.165) is 51.7 Å². The van der Waals surface area contributed by atoms with E-state index in [1.807, 2.05) is 11.0 Å². The zero-order valence-electron chi connectivity index (χ0n) is 19.4. The SMILES string of the molecule is C[C@@H]1C[C@@H](O)c2ncnc(N3CCN(C(=O)[C@@H](c4ccc(Br)s4)[C@@H]4CCC(C)(C)N4)CC3)c21. The Labute approximate surface area is 207 Å². The molecule has 9 heteroatoms. The van der Waals surface area contributed by atoms with Gasteiger partial charge in [-0.15, -0.1) is 11.3 Å². The summed E-state index contributed by atoms with van der Waals surface area (Å²) in [4.78, 5) is 28.2. The smallest absolute Gasteiger partial charge is 0.232 e. The first-order chi connectivity index (χ1) is 15.7. The summed E-state index contributed by atoms with van der Waals surface area (Å²) in [5.41, 5.74) is 1.90. The monoisotopic (exact) mass is 533 g/mol. The van der Waals surface area contributed by atoms with Crippen molar-refractivity contribution in [3.63, 3.8) is 0 Å². The van der Waals surface area contributed by atoms with Gasteiger partial charge >= 0.3 is 0 Å². The summed E-state index contributed by atoms with van der Waals surface area (Å²) in [5, 5.41) is 14.1. The fraction of sp³-hybridized carbons (Fsp3) is 0.625. The molecule has 5 rings (SSSR count). The Bertz CT molecular complexity index is 1040. The molecule has 33 heavy (non-hydrogen) atoms. The number of hydrogen-bond donors (Lipinski definition) is 2. The van der Waals surface area contributed by atoms with E-state index in [4.69, 9.17) is 0 Å². The van der Waals surface area contributed by atoms with Gasteiger partial charge in [0.25, 0.3) is 0 Å². The molecule has 1 aliphatic carbocycles. The number of rotatable bonds is 4. The lowest BCUT2D eigenvalue weighted by Crippen LogP contribution is -2.53. The van der Waals surface area contributed by atoms with Crippen molar-refractivity contribution in [3.8, 4) is 0 Å². The van der Waals surface area contributed by atoms with Crippen molar-refractivity contribution in [2.24, 2.45) is 0 Å². The van der Waals surface area contributed by atoms with Gasteiger partial charge in [-0.05, 0) is 67.1 Å². The minimum Gasteiger partial charge on any atom is -0.387 e. The van der Waals surface area contributed by atoms with Crippen LogP contribution < -0.4 is 10.2 Å². The van der Waals surface area contributed by atoms with E-state index >= 15 is 0 Å². The number of carbonyl (C=O) groups is 1. The van der Waals surface area contributed by atoms with Gasteiger partial charge in [0.15, 0.2) is 0 Å². The minimum atomic E-state index is -0.506. The Morgan fingerprint density at radius 2 is 2.03 bits per heavy atom. The van der Waals surface area contributed by atoms with Crippen LogP contribution in [0.4, 0.5) is 5.82 Å². The third-order valence-electron chi connectivity index (χ3n) is 7.40. The Kier molecular flexibility index (Phi) is 6.26. The van der Waals surface area contributed by atoms with Crippen molar-refractivity contribution >= 4 is 39.0 Å². The first-order valence-electron chi connectivity index (χ1n) is 11.8. The summed E-state index contributed by atoms with van der Waals surface area (Å²) in [6.45, 7) is 9.39. The molecule has 2 N–H and O–H groups in total. The summed E-state index contributed by atoms with van der Waals surface area (Å²) in [5.74, 6) is 1.22. The van der Waals surface area contributed by atoms with Crippen molar-refractivity contribution < 1.29 is 9.90 Å². The molecule has 0 aromatic carbocycles. The number of aromatic nitrogens is 2. The van der Waals surface area contributed by atoms with Crippen LogP contribution >= 0.6 is 27.3 Å². The molecule has 0 unspecified atom stereocenters. The highest BCUT2D eigenvalue weighted by Gasteiger charge is 2.42. The van der Waals surface area contributed by atoms with Crippen LogP contribution in [0.1, 0.15) is 74.1 Å². The summed E-state index contributed by atoms with van der Waals surface area (Å²) < 4.78 is 1.06. The lowest BCUT2D eigenvalue weighted by atomic mass is 9.94. The van der Waals surface area contributed by atoms with Crippen LogP contribution in [-0.2, 0) is 4.79 Å². The molecule has 0 bridgehead atoms. The zero-order valence-corrected chi connectivity index (χ0v) is 21.8. The summed E-state index contributed by atoms with van der Waals surface area (Å²) in [7, 11) is 0. The summed E-state index contributed by atoms with van der Waals surface area (Å²) in [6, 6.07) is 4.30. The van der Waals surface area contributed by atoms with Gasteiger partial charge in [0.1, 0.15) is 12.1 Å². The molecule has 0 radical (unpaired) electrons. The Morgan fingerprint density at radius 1 is 1.27 bits per heavy atom. The number of aliphatic hydroxyl groups excluding tert-OH is 1. The Morgan fingerprint density at radius 3 is 2.67 bits per heavy atom. The van der Waals surface area contributed by atoms with Crippen molar-refractivity contribution in [1.82, 2.24) is 20.2 Å². The number of hydrogen-bond acceptors (Lipinski definition) is 7. The fourth-order valence-electron chi connectivity index (χ4n) is 5.69. The second kappa shape index (κ2) is 8.91. The average Bonchev–Trinajstić information content (AvgIpc) is 3.46. The maximum atomic E-state index is 13.8. The Hall–Kier alpha value is -1.55. The highest BCUT2D eigenvalue weighted by molar-refractivity contribution is 9.11. The molecule has 2 aromatic heterocycles. The zero-order chi connectivity index (χ0) is 23.3. The molecule has 0 spiro atoms. The number of fused-ring (bicyclic) bond motifs is 1. The first-order valence-corrected chi connectivity index (χ1v) is 13.4. The molecular formula is C24H32BrN5O2S. The second-order valence-electron chi connectivity index (χ2n) is 10.3. The van der Waals surface area contributed by atoms with Crippen LogP contribution in [0.2, 0.25) is 0 Å². The van der Waals surface area contributed by atoms with Crippen molar-refractivity contribution in [3.05, 3.63) is 38.4 Å². The first kappa shape index (κ1) is 23.2. The average molecular weight is 535 g/mol. The third kappa shape index (κ3) is 4.45. The van der Waals surface area contributed by atoms with E-state index in [0.29, 0.717) is 19.5 Å². The van der Waals surface area contributed by atoms with Crippen LogP contribution in [0.25, 0.3) is 0 Å². The molecule has 4 atom stereocenters. The topological polar surface area (TPSA) is 81.6 Å². The van der Waals surface area contributed by atoms with Gasteiger partial charge in [-0.25, -0.2) is 9.97 Å². The maximum absolute atomic E-state index is 13.8. The normalized spacial score (nSPS) is 27.6. The van der Waals surface area contributed by atoms with Gasteiger partial charge in [-0.3, -0.25) is 4.79 Å². The number of halogens is 1. The number of thiophene rings is 1. The number of nitrogens with one attached hydrogen (secondary N) is 1. The number of piperazine rings is 1. The van der Waals surface area contributed by atoms with Crippen molar-refractivity contribution in [2.75, 3.05) is 31.1 Å². The van der Waals surface area contributed by atoms with Gasteiger partial charge in [0, 0.05) is 48.2 Å². The molecule has 178 valence electrons. The van der Waals surface area contributed by atoms with E-state index in [9.17, 15) is 9.90 Å². The molecule has 2 aliphatic heterocycles. The van der Waals surface area contributed by atoms with Crippen molar-refractivity contribution in [2.45, 2.75) is 69.6 Å². The van der Waals surface area contributed by atoms with Gasteiger partial charge < -0.3 is 20.2 Å². The molecule has 2 saturated heterocycles. The van der Waals surface area contributed by atoms with E-state index in [1.54, 1.807) is 17.7 Å². The molecule has 4 heterocycles. The number of aliphatic hydroxyl groups is 1. The molecule has 1 amide bonds. The molecule has 0 saturated carbocycles. The van der Waals surface area contributed by atoms with E-state index in [-0.39, 0.29) is 29.3 Å². The van der Waals surface area contributed by atoms with Crippen LogP contribution in [-0.4, -0.2) is 63.6 Å². The maximum Gasteiger partial charge on any atom is 0.232 e. The molecule has 2 fully saturated rings. The van der Waals surface area contributed by atoms with Gasteiger partial charge in [-0.2, -0.15) is 0 Å². The van der Waals surface area contributed by atoms with Gasteiger partial charge in [0.05, 0.1) is 21.5 Å². The number of amides is 1. The molecule has 3 aliphatic rings. The third-order valence-corrected chi connectivity index (χ3v) is 9.10. The van der Waals surface area contributed by atoms with Crippen LogP contribution in [0.3, 0.4) is 0 Å². The number of carbonyl (C=O) groups excluding carboxylic acids is 1. The second-order valence-corrected chi connectivity index (χ2v) is 12.7. The van der Waals surface area contributed by atoms with Crippen LogP contribution in [0.5, 0.6) is 0 Å². The quantitative estimate of drug-likeness (QED) is 0.621. The number of anilines is 1. The highest BCUT2D eigenvalue weighted by Crippen LogP contribution is 2.43. The molecular weight excluding hydrogens is 502 g/mol. The minimum absolute atomic E-state index is 0.0606. The summed E-state index contributed by atoms with van der Waals surface area (Å²) in [6.07, 6.45) is 3.83. The molecule has 2 aromatic rings. The van der Waals surface area contributed by atoms with E-state index < -0.39 is 6.10 Å². The predicted molar refractivity (Wildman–Crippen MR) is 134 cm³/mol. The van der Waals surface area contributed by atoms with Gasteiger partial charge in [-0.1, -0.05) is 6.92 Å². The standard InChI is InChI=1S/C24H32BrN5O2S/c1-14-12-16(31)21-19(14)22(27-13-26-21)29-8-10-30(11-9-29)23(32)20(17-4-5-18(25)33-17)15-6-7-24(2,3)28-15/h4-5,13-16,20,28,31H,6-12H2,1-3H3/t14-,15+,16-,20-/m1/s1. The predicted octanol–water partition coefficient (Wildman–Crippen LogP) is 3.80. The number of nitrogens with zero attached hydrogens (tertiary/aromatic N) is 4. The van der Waals surface area contributed by atoms with E-state index in [2.05, 4.69) is 63.0 Å². The van der Waals surface area contributed by atoms with E-state index in [1.165, 1.54) is 0 Å². The lowest BCUT2D eigenvalue weighted by molar-refractivity contribution is -0.133. The fourth-order valence-corrected chi connectivity index (χ4v) is 7.27. The Balaban J connectivity index is 1.33. The van der Waals surface area contributed by atoms with Crippen LogP contribution in [0, 0.1) is 0 Å². The van der Waals surface area contributed by atoms with Gasteiger partial charge in [0.2, 0.25) is 5.91 Å². The van der Waals surface area contributed by atoms with Crippen molar-refractivity contribution in [1.29, 1.82) is 0 Å². The highest BCUT2D eigenvalue weighted by atomic mass is 79.9. The largest absolute Gasteiger partial charge is 0.387 e. The summed E-state index contributed by atoms with van der Waals surface area (Å²) >= 11 is 5.25. The molecule has 7 nitrogen and oxygen atoms in total.